The SMILES string of the molecule is COc1cc(OC)c2cc(CCCN=C(N)Nc3ccc(OC(F)(F)F)cc3)[nH]c2c1. The number of hydrogen-bond acceptors (Lipinski definition) is 4. The highest BCUT2D eigenvalue weighted by Crippen LogP contribution is 2.31. The number of nitrogens with two attached hydrogens (primary N) is 1. The second kappa shape index (κ2) is 9.50. The van der Waals surface area contributed by atoms with Crippen LogP contribution >= 0.6 is 0 Å². The van der Waals surface area contributed by atoms with Crippen molar-refractivity contribution in [3.63, 3.8) is 0 Å². The molecule has 166 valence electrons. The van der Waals surface area contributed by atoms with Crippen molar-refractivity contribution in [2.75, 3.05) is 26.1 Å². The van der Waals surface area contributed by atoms with Gasteiger partial charge < -0.3 is 30.2 Å². The number of aryl methyl sites for hydroxylation is 1. The van der Waals surface area contributed by atoms with Crippen molar-refractivity contribution in [3.05, 3.63) is 48.2 Å². The van der Waals surface area contributed by atoms with Crippen molar-refractivity contribution in [2.45, 2.75) is 19.2 Å². The second-order valence-electron chi connectivity index (χ2n) is 6.65. The monoisotopic (exact) mass is 436 g/mol. The van der Waals surface area contributed by atoms with Gasteiger partial charge in [0.1, 0.15) is 17.2 Å². The number of aromatic amines is 1. The first kappa shape index (κ1) is 22.1. The lowest BCUT2D eigenvalue weighted by molar-refractivity contribution is -0.274. The highest BCUT2D eigenvalue weighted by atomic mass is 19.4. The zero-order valence-electron chi connectivity index (χ0n) is 17.0. The van der Waals surface area contributed by atoms with Gasteiger partial charge >= 0.3 is 6.36 Å². The van der Waals surface area contributed by atoms with Crippen LogP contribution < -0.4 is 25.3 Å². The van der Waals surface area contributed by atoms with Crippen LogP contribution in [0.2, 0.25) is 0 Å². The van der Waals surface area contributed by atoms with Gasteiger partial charge in [0.25, 0.3) is 0 Å². The van der Waals surface area contributed by atoms with Gasteiger partial charge in [-0.3, -0.25) is 4.99 Å². The van der Waals surface area contributed by atoms with Crippen molar-refractivity contribution < 1.29 is 27.4 Å². The fraction of sp³-hybridized carbons (Fsp3) is 0.286. The van der Waals surface area contributed by atoms with E-state index in [2.05, 4.69) is 20.0 Å². The van der Waals surface area contributed by atoms with Gasteiger partial charge in [-0.25, -0.2) is 0 Å². The Morgan fingerprint density at radius 2 is 1.81 bits per heavy atom. The van der Waals surface area contributed by atoms with E-state index in [9.17, 15) is 13.2 Å². The number of benzene rings is 2. The summed E-state index contributed by atoms with van der Waals surface area (Å²) < 4.78 is 51.1. The summed E-state index contributed by atoms with van der Waals surface area (Å²) in [5.41, 5.74) is 8.31. The molecule has 1 heterocycles. The van der Waals surface area contributed by atoms with Crippen LogP contribution in [0.15, 0.2) is 47.5 Å². The van der Waals surface area contributed by atoms with E-state index in [4.69, 9.17) is 15.2 Å². The molecule has 2 aromatic carbocycles. The smallest absolute Gasteiger partial charge is 0.497 e. The second-order valence-corrected chi connectivity index (χ2v) is 6.65. The first-order valence-corrected chi connectivity index (χ1v) is 9.44. The molecule has 0 aliphatic carbocycles. The van der Waals surface area contributed by atoms with Crippen LogP contribution in [0, 0.1) is 0 Å². The predicted octanol–water partition coefficient (Wildman–Crippen LogP) is 4.44. The number of anilines is 1. The van der Waals surface area contributed by atoms with Gasteiger partial charge in [0.15, 0.2) is 5.96 Å². The van der Waals surface area contributed by atoms with Gasteiger partial charge in [-0.2, -0.15) is 0 Å². The number of aliphatic imine (C=N–C) groups is 1. The van der Waals surface area contributed by atoms with Crippen molar-refractivity contribution in [3.8, 4) is 17.2 Å². The first-order chi connectivity index (χ1) is 14.8. The third-order valence-corrected chi connectivity index (χ3v) is 4.43. The molecule has 4 N–H and O–H groups in total. The minimum absolute atomic E-state index is 0.174. The fourth-order valence-corrected chi connectivity index (χ4v) is 3.05. The Kier molecular flexibility index (Phi) is 6.78. The summed E-state index contributed by atoms with van der Waals surface area (Å²) in [5.74, 6) is 1.31. The summed E-state index contributed by atoms with van der Waals surface area (Å²) in [5, 5.41) is 3.81. The number of halogens is 3. The third kappa shape index (κ3) is 6.21. The van der Waals surface area contributed by atoms with E-state index in [0.717, 1.165) is 35.2 Å². The number of nitrogens with zero attached hydrogens (tertiary/aromatic N) is 1. The number of H-pyrrole nitrogens is 1. The zero-order chi connectivity index (χ0) is 22.4. The molecule has 3 aromatic rings. The minimum atomic E-state index is -4.72. The lowest BCUT2D eigenvalue weighted by atomic mass is 10.2. The van der Waals surface area contributed by atoms with Gasteiger partial charge in [0.05, 0.1) is 19.7 Å². The normalized spacial score (nSPS) is 12.1. The van der Waals surface area contributed by atoms with Crippen LogP contribution in [-0.4, -0.2) is 38.1 Å². The first-order valence-electron chi connectivity index (χ1n) is 9.44. The molecule has 0 fully saturated rings. The molecular formula is C21H23F3N4O3. The highest BCUT2D eigenvalue weighted by molar-refractivity contribution is 5.92. The number of methoxy groups -OCH3 is 2. The number of hydrogen-bond donors (Lipinski definition) is 3. The molecule has 0 aliphatic heterocycles. The number of guanidine groups is 1. The number of alkyl halides is 3. The Balaban J connectivity index is 1.52. The maximum atomic E-state index is 12.2. The van der Waals surface area contributed by atoms with E-state index in [1.54, 1.807) is 14.2 Å². The van der Waals surface area contributed by atoms with Crippen molar-refractivity contribution >= 4 is 22.5 Å². The molecule has 1 aromatic heterocycles. The van der Waals surface area contributed by atoms with Crippen LogP contribution in [0.5, 0.6) is 17.2 Å². The Hall–Kier alpha value is -3.56. The quantitative estimate of drug-likeness (QED) is 0.276. The van der Waals surface area contributed by atoms with Gasteiger partial charge in [-0.05, 0) is 43.2 Å². The van der Waals surface area contributed by atoms with Crippen LogP contribution in [0.25, 0.3) is 10.9 Å². The van der Waals surface area contributed by atoms with Crippen LogP contribution in [0.4, 0.5) is 18.9 Å². The van der Waals surface area contributed by atoms with E-state index in [-0.39, 0.29) is 11.7 Å². The van der Waals surface area contributed by atoms with Crippen molar-refractivity contribution in [1.82, 2.24) is 4.98 Å². The number of ether oxygens (including phenoxy) is 3. The van der Waals surface area contributed by atoms with E-state index in [1.165, 1.54) is 24.3 Å². The number of fused-ring (bicyclic) bond motifs is 1. The molecule has 7 nitrogen and oxygen atoms in total. The van der Waals surface area contributed by atoms with E-state index >= 15 is 0 Å². The van der Waals surface area contributed by atoms with Crippen molar-refractivity contribution in [1.29, 1.82) is 0 Å². The number of nitrogens with one attached hydrogen (secondary N) is 2. The molecule has 3 rings (SSSR count). The van der Waals surface area contributed by atoms with Gasteiger partial charge in [0, 0.05) is 35.4 Å². The third-order valence-electron chi connectivity index (χ3n) is 4.43. The Morgan fingerprint density at radius 1 is 1.06 bits per heavy atom. The van der Waals surface area contributed by atoms with Crippen molar-refractivity contribution in [2.24, 2.45) is 10.7 Å². The lowest BCUT2D eigenvalue weighted by Gasteiger charge is -2.10. The number of rotatable bonds is 8. The lowest BCUT2D eigenvalue weighted by Crippen LogP contribution is -2.23. The molecule has 0 saturated heterocycles. The Morgan fingerprint density at radius 3 is 2.45 bits per heavy atom. The summed E-state index contributed by atoms with van der Waals surface area (Å²) >= 11 is 0. The van der Waals surface area contributed by atoms with Gasteiger partial charge in [-0.15, -0.1) is 13.2 Å². The average Bonchev–Trinajstić information content (AvgIpc) is 3.13. The molecule has 10 heteroatoms. The summed E-state index contributed by atoms with van der Waals surface area (Å²) in [7, 11) is 3.22. The van der Waals surface area contributed by atoms with Crippen LogP contribution in [0.3, 0.4) is 0 Å². The molecule has 0 bridgehead atoms. The summed E-state index contributed by atoms with van der Waals surface area (Å²) in [6.07, 6.45) is -3.23. The van der Waals surface area contributed by atoms with Gasteiger partial charge in [-0.1, -0.05) is 0 Å². The molecule has 0 amide bonds. The van der Waals surface area contributed by atoms with Gasteiger partial charge in [0.2, 0.25) is 0 Å². The summed E-state index contributed by atoms with van der Waals surface area (Å²) in [6.45, 7) is 0.476. The predicted molar refractivity (Wildman–Crippen MR) is 113 cm³/mol. The molecule has 31 heavy (non-hydrogen) atoms. The standard InChI is InChI=1S/C21H23F3N4O3/c1-29-16-11-18-17(19(12-16)30-2)10-14(27-18)4-3-9-26-20(25)28-13-5-7-15(8-6-13)31-21(22,23)24/h5-8,10-12,27H,3-4,9H2,1-2H3,(H3,25,26,28). The molecule has 0 saturated carbocycles. The molecule has 0 aliphatic rings. The topological polar surface area (TPSA) is 93.9 Å². The molecule has 0 spiro atoms. The van der Waals surface area contributed by atoms with E-state index < -0.39 is 6.36 Å². The van der Waals surface area contributed by atoms with Crippen LogP contribution in [0.1, 0.15) is 12.1 Å². The maximum Gasteiger partial charge on any atom is 0.573 e. The minimum Gasteiger partial charge on any atom is -0.497 e. The molecular weight excluding hydrogens is 413 g/mol. The fourth-order valence-electron chi connectivity index (χ4n) is 3.05. The maximum absolute atomic E-state index is 12.2. The zero-order valence-corrected chi connectivity index (χ0v) is 17.0. The highest BCUT2D eigenvalue weighted by Gasteiger charge is 2.30. The van der Waals surface area contributed by atoms with Crippen LogP contribution in [-0.2, 0) is 6.42 Å². The van der Waals surface area contributed by atoms with E-state index in [0.29, 0.717) is 18.0 Å². The summed E-state index contributed by atoms with van der Waals surface area (Å²) in [6, 6.07) is 11.0. The Bertz CT molecular complexity index is 1050. The molecule has 0 unspecified atom stereocenters. The van der Waals surface area contributed by atoms with E-state index in [1.807, 2.05) is 18.2 Å². The largest absolute Gasteiger partial charge is 0.573 e. The number of aromatic nitrogens is 1. The molecule has 0 radical (unpaired) electrons. The average molecular weight is 436 g/mol. The molecule has 0 atom stereocenters. The Labute approximate surface area is 177 Å². The summed E-state index contributed by atoms with van der Waals surface area (Å²) in [4.78, 5) is 7.59.